The highest BCUT2D eigenvalue weighted by Crippen LogP contribution is 2.32. The second-order valence-electron chi connectivity index (χ2n) is 6.35. The molecule has 1 unspecified atom stereocenters. The van der Waals surface area contributed by atoms with E-state index in [1.54, 1.807) is 18.1 Å². The monoisotopic (exact) mass is 337 g/mol. The molecule has 0 aliphatic carbocycles. The Morgan fingerprint density at radius 3 is 2.80 bits per heavy atom. The molecular formula is C18H19N5O2. The van der Waals surface area contributed by atoms with Gasteiger partial charge in [0.1, 0.15) is 5.71 Å². The zero-order valence-corrected chi connectivity index (χ0v) is 14.0. The highest BCUT2D eigenvalue weighted by molar-refractivity contribution is 6.44. The number of carbonyl (C=O) groups is 2. The summed E-state index contributed by atoms with van der Waals surface area (Å²) in [4.78, 5) is 26.5. The van der Waals surface area contributed by atoms with Gasteiger partial charge in [-0.25, -0.2) is 5.01 Å². The Bertz CT molecular complexity index is 843. The van der Waals surface area contributed by atoms with Gasteiger partial charge in [-0.15, -0.1) is 0 Å². The smallest absolute Gasteiger partial charge is 0.274 e. The topological polar surface area (TPSA) is 70.8 Å². The summed E-state index contributed by atoms with van der Waals surface area (Å²) >= 11 is 0. The molecule has 2 aliphatic heterocycles. The van der Waals surface area contributed by atoms with Crippen LogP contribution in [0.4, 0.5) is 5.69 Å². The molecule has 0 fully saturated rings. The van der Waals surface area contributed by atoms with Gasteiger partial charge in [0.2, 0.25) is 5.91 Å². The minimum absolute atomic E-state index is 0.0648. The molecule has 4 rings (SSSR count). The Balaban J connectivity index is 1.68. The van der Waals surface area contributed by atoms with Crippen LogP contribution < -0.4 is 4.90 Å². The predicted molar refractivity (Wildman–Crippen MR) is 93.2 cm³/mol. The van der Waals surface area contributed by atoms with Crippen molar-refractivity contribution in [1.29, 1.82) is 0 Å². The van der Waals surface area contributed by atoms with Crippen LogP contribution in [0.5, 0.6) is 0 Å². The number of anilines is 1. The zero-order chi connectivity index (χ0) is 17.4. The summed E-state index contributed by atoms with van der Waals surface area (Å²) in [5, 5.41) is 9.78. The van der Waals surface area contributed by atoms with Gasteiger partial charge in [-0.05, 0) is 24.1 Å². The fraction of sp³-hybridized carbons (Fsp3) is 0.333. The van der Waals surface area contributed by atoms with Crippen LogP contribution >= 0.6 is 0 Å². The maximum absolute atomic E-state index is 13.1. The van der Waals surface area contributed by atoms with Crippen molar-refractivity contribution in [1.82, 2.24) is 14.8 Å². The highest BCUT2D eigenvalue weighted by Gasteiger charge is 2.33. The first-order valence-electron chi connectivity index (χ1n) is 8.36. The molecule has 7 heteroatoms. The van der Waals surface area contributed by atoms with E-state index in [0.717, 1.165) is 17.7 Å². The summed E-state index contributed by atoms with van der Waals surface area (Å²) in [5.74, 6) is -0.200. The van der Waals surface area contributed by atoms with Crippen LogP contribution in [-0.4, -0.2) is 45.9 Å². The number of amides is 2. The third-order valence-corrected chi connectivity index (χ3v) is 4.73. The molecule has 2 aliphatic rings. The Kier molecular flexibility index (Phi) is 3.83. The van der Waals surface area contributed by atoms with E-state index < -0.39 is 0 Å². The van der Waals surface area contributed by atoms with E-state index in [1.807, 2.05) is 41.2 Å². The van der Waals surface area contributed by atoms with Gasteiger partial charge in [-0.2, -0.15) is 10.2 Å². The molecule has 0 N–H and O–H groups in total. The van der Waals surface area contributed by atoms with E-state index in [9.17, 15) is 9.59 Å². The van der Waals surface area contributed by atoms with Crippen molar-refractivity contribution in [2.24, 2.45) is 5.10 Å². The number of hydrogen-bond acceptors (Lipinski definition) is 4. The van der Waals surface area contributed by atoms with Crippen molar-refractivity contribution < 1.29 is 9.59 Å². The summed E-state index contributed by atoms with van der Waals surface area (Å²) in [5.41, 5.74) is 2.46. The average molecular weight is 337 g/mol. The third kappa shape index (κ3) is 2.82. The number of hydrogen-bond donors (Lipinski definition) is 0. The second-order valence-corrected chi connectivity index (χ2v) is 6.35. The molecule has 1 aromatic carbocycles. The van der Waals surface area contributed by atoms with Crippen LogP contribution in [-0.2, 0) is 16.0 Å². The maximum atomic E-state index is 13.1. The average Bonchev–Trinajstić information content (AvgIpc) is 3.17. The first-order chi connectivity index (χ1) is 12.1. The van der Waals surface area contributed by atoms with Crippen molar-refractivity contribution in [2.75, 3.05) is 18.5 Å². The molecule has 128 valence electrons. The summed E-state index contributed by atoms with van der Waals surface area (Å²) in [6, 6.07) is 9.90. The molecule has 1 atom stereocenters. The number of rotatable bonds is 2. The number of para-hydroxylation sites is 1. The van der Waals surface area contributed by atoms with Gasteiger partial charge in [0, 0.05) is 44.5 Å². The summed E-state index contributed by atoms with van der Waals surface area (Å²) in [6.45, 7) is 0.536. The second kappa shape index (κ2) is 6.16. The molecular weight excluding hydrogens is 318 g/mol. The summed E-state index contributed by atoms with van der Waals surface area (Å²) in [6.07, 6.45) is 5.20. The molecule has 2 aromatic rings. The van der Waals surface area contributed by atoms with Gasteiger partial charge in [-0.1, -0.05) is 18.2 Å². The molecule has 0 radical (unpaired) electrons. The fourth-order valence-corrected chi connectivity index (χ4v) is 3.42. The van der Waals surface area contributed by atoms with Crippen LogP contribution in [0.15, 0.2) is 47.8 Å². The van der Waals surface area contributed by atoms with Gasteiger partial charge in [0.15, 0.2) is 0 Å². The van der Waals surface area contributed by atoms with Crippen molar-refractivity contribution in [2.45, 2.75) is 25.3 Å². The maximum Gasteiger partial charge on any atom is 0.274 e. The molecule has 2 amide bonds. The third-order valence-electron chi connectivity index (χ3n) is 4.73. The standard InChI is InChI=1S/C18H19N5O2/c1-21-17(24)8-7-15(20-21)18(25)22-12-14(23-10-4-9-19-23)11-13-5-2-3-6-16(13)22/h2-6,9-10,14H,7-8,11-12H2,1H3. The largest absolute Gasteiger partial charge is 0.305 e. The SMILES string of the molecule is CN1N=C(C(=O)N2CC(n3cccn3)Cc3ccccc32)CCC1=O. The molecule has 1 aromatic heterocycles. The first-order valence-corrected chi connectivity index (χ1v) is 8.36. The predicted octanol–water partition coefficient (Wildman–Crippen LogP) is 1.62. The van der Waals surface area contributed by atoms with Crippen molar-refractivity contribution >= 4 is 23.2 Å². The van der Waals surface area contributed by atoms with Crippen LogP contribution in [0.25, 0.3) is 0 Å². The number of fused-ring (bicyclic) bond motifs is 1. The molecule has 0 saturated carbocycles. The van der Waals surface area contributed by atoms with Gasteiger partial charge in [0.05, 0.1) is 6.04 Å². The lowest BCUT2D eigenvalue weighted by Gasteiger charge is -2.35. The van der Waals surface area contributed by atoms with Gasteiger partial charge < -0.3 is 4.90 Å². The van der Waals surface area contributed by atoms with E-state index >= 15 is 0 Å². The molecule has 0 saturated heterocycles. The molecule has 7 nitrogen and oxygen atoms in total. The lowest BCUT2D eigenvalue weighted by Crippen LogP contribution is -2.46. The molecule has 3 heterocycles. The number of hydrazone groups is 1. The lowest BCUT2D eigenvalue weighted by molar-refractivity contribution is -0.130. The van der Waals surface area contributed by atoms with E-state index in [4.69, 9.17) is 0 Å². The van der Waals surface area contributed by atoms with Crippen molar-refractivity contribution in [3.8, 4) is 0 Å². The number of carbonyl (C=O) groups excluding carboxylic acids is 2. The quantitative estimate of drug-likeness (QED) is 0.836. The van der Waals surface area contributed by atoms with Crippen LogP contribution in [0.1, 0.15) is 24.4 Å². The lowest BCUT2D eigenvalue weighted by atomic mass is 9.97. The fourth-order valence-electron chi connectivity index (χ4n) is 3.42. The molecule has 0 bridgehead atoms. The van der Waals surface area contributed by atoms with Crippen LogP contribution in [0, 0.1) is 0 Å². The van der Waals surface area contributed by atoms with E-state index in [0.29, 0.717) is 25.1 Å². The van der Waals surface area contributed by atoms with Gasteiger partial charge >= 0.3 is 0 Å². The minimum Gasteiger partial charge on any atom is -0.305 e. The van der Waals surface area contributed by atoms with E-state index in [-0.39, 0.29) is 17.9 Å². The Morgan fingerprint density at radius 2 is 2.04 bits per heavy atom. The Hall–Kier alpha value is -2.96. The van der Waals surface area contributed by atoms with Crippen molar-refractivity contribution in [3.63, 3.8) is 0 Å². The van der Waals surface area contributed by atoms with Gasteiger partial charge in [-0.3, -0.25) is 14.3 Å². The van der Waals surface area contributed by atoms with Gasteiger partial charge in [0.25, 0.3) is 5.91 Å². The summed E-state index contributed by atoms with van der Waals surface area (Å²) in [7, 11) is 1.59. The highest BCUT2D eigenvalue weighted by atomic mass is 16.2. The number of benzene rings is 1. The van der Waals surface area contributed by atoms with Crippen molar-refractivity contribution in [3.05, 3.63) is 48.3 Å². The number of aromatic nitrogens is 2. The van der Waals surface area contributed by atoms with Crippen LogP contribution in [0.2, 0.25) is 0 Å². The van der Waals surface area contributed by atoms with E-state index in [1.165, 1.54) is 5.01 Å². The van der Waals surface area contributed by atoms with E-state index in [2.05, 4.69) is 10.2 Å². The normalized spacial score (nSPS) is 20.3. The molecule has 0 spiro atoms. The first kappa shape index (κ1) is 15.6. The summed E-state index contributed by atoms with van der Waals surface area (Å²) < 4.78 is 1.90. The minimum atomic E-state index is -0.136. The zero-order valence-electron chi connectivity index (χ0n) is 14.0. The Morgan fingerprint density at radius 1 is 1.20 bits per heavy atom. The number of nitrogens with zero attached hydrogens (tertiary/aromatic N) is 5. The van der Waals surface area contributed by atoms with Crippen LogP contribution in [0.3, 0.4) is 0 Å². The molecule has 25 heavy (non-hydrogen) atoms. The Labute approximate surface area is 145 Å².